The predicted octanol–water partition coefficient (Wildman–Crippen LogP) is 4.10. The molecule has 6 nitrogen and oxygen atoms in total. The molecule has 0 radical (unpaired) electrons. The first-order valence-corrected chi connectivity index (χ1v) is 11.5. The first-order chi connectivity index (χ1) is 14.2. The lowest BCUT2D eigenvalue weighted by atomic mass is 10.1. The van der Waals surface area contributed by atoms with Gasteiger partial charge in [-0.1, -0.05) is 11.3 Å². The third-order valence-electron chi connectivity index (χ3n) is 5.60. The molecule has 0 aliphatic carbocycles. The van der Waals surface area contributed by atoms with Crippen molar-refractivity contribution in [3.8, 4) is 16.3 Å². The van der Waals surface area contributed by atoms with Gasteiger partial charge in [0.15, 0.2) is 10.7 Å². The van der Waals surface area contributed by atoms with Gasteiger partial charge in [0.05, 0.1) is 10.2 Å². The van der Waals surface area contributed by atoms with Crippen molar-refractivity contribution < 1.29 is 18.6 Å². The van der Waals surface area contributed by atoms with Gasteiger partial charge < -0.3 is 20.1 Å². The van der Waals surface area contributed by atoms with E-state index < -0.39 is 11.7 Å². The molecule has 0 spiro atoms. The normalized spacial score (nSPS) is 22.1. The van der Waals surface area contributed by atoms with Crippen LogP contribution in [0.5, 0.6) is 5.75 Å². The molecule has 10 heteroatoms. The molecule has 160 valence electrons. The number of nitrogens with zero attached hydrogens (tertiary/aromatic N) is 3. The fourth-order valence-electron chi connectivity index (χ4n) is 3.93. The SMILES string of the molecule is CC(C)(O)C(F)(F)Oc1ccc(-c2nccs2)c2nc(N3CC4CCC(C3)N4)sc12. The molecule has 30 heavy (non-hydrogen) atoms. The zero-order valence-corrected chi connectivity index (χ0v) is 18.2. The molecular weight excluding hydrogens is 430 g/mol. The minimum atomic E-state index is -3.75. The third kappa shape index (κ3) is 3.45. The van der Waals surface area contributed by atoms with E-state index in [4.69, 9.17) is 9.72 Å². The molecule has 2 bridgehead atoms. The van der Waals surface area contributed by atoms with Crippen LogP contribution < -0.4 is 15.0 Å². The second kappa shape index (κ2) is 7.08. The summed E-state index contributed by atoms with van der Waals surface area (Å²) in [4.78, 5) is 11.4. The Hall–Kier alpha value is -1.88. The highest BCUT2D eigenvalue weighted by atomic mass is 32.1. The topological polar surface area (TPSA) is 70.5 Å². The minimum Gasteiger partial charge on any atom is -0.429 e. The van der Waals surface area contributed by atoms with Crippen LogP contribution in [0.3, 0.4) is 0 Å². The fraction of sp³-hybridized carbons (Fsp3) is 0.500. The number of aliphatic hydroxyl groups is 1. The number of ether oxygens (including phenoxy) is 1. The molecule has 2 unspecified atom stereocenters. The van der Waals surface area contributed by atoms with Crippen LogP contribution in [0.15, 0.2) is 23.7 Å². The van der Waals surface area contributed by atoms with Gasteiger partial charge in [0, 0.05) is 42.3 Å². The number of nitrogens with one attached hydrogen (secondary N) is 1. The van der Waals surface area contributed by atoms with Crippen molar-refractivity contribution in [3.05, 3.63) is 23.7 Å². The Bertz CT molecular complexity index is 1050. The second-order valence-electron chi connectivity index (χ2n) is 8.34. The van der Waals surface area contributed by atoms with Crippen molar-refractivity contribution in [3.63, 3.8) is 0 Å². The monoisotopic (exact) mass is 452 g/mol. The zero-order valence-electron chi connectivity index (χ0n) is 16.6. The Morgan fingerprint density at radius 3 is 2.60 bits per heavy atom. The van der Waals surface area contributed by atoms with Crippen molar-refractivity contribution in [2.24, 2.45) is 0 Å². The smallest absolute Gasteiger partial charge is 0.426 e. The van der Waals surface area contributed by atoms with E-state index in [-0.39, 0.29) is 5.75 Å². The highest BCUT2D eigenvalue weighted by molar-refractivity contribution is 7.22. The van der Waals surface area contributed by atoms with Crippen LogP contribution in [-0.4, -0.2) is 52.0 Å². The van der Waals surface area contributed by atoms with Gasteiger partial charge in [0.25, 0.3) is 0 Å². The molecular formula is C20H22F2N4O2S2. The Balaban J connectivity index is 1.60. The summed E-state index contributed by atoms with van der Waals surface area (Å²) in [6, 6.07) is 4.10. The Kier molecular flexibility index (Phi) is 4.73. The molecule has 0 amide bonds. The molecule has 4 heterocycles. The van der Waals surface area contributed by atoms with E-state index in [1.165, 1.54) is 28.7 Å². The van der Waals surface area contributed by atoms with E-state index >= 15 is 0 Å². The summed E-state index contributed by atoms with van der Waals surface area (Å²) >= 11 is 2.82. The average molecular weight is 453 g/mol. The third-order valence-corrected chi connectivity index (χ3v) is 7.53. The zero-order chi connectivity index (χ0) is 21.1. The van der Waals surface area contributed by atoms with Crippen LogP contribution in [-0.2, 0) is 0 Å². The largest absolute Gasteiger partial charge is 0.429 e. The number of aromatic nitrogens is 2. The van der Waals surface area contributed by atoms with Gasteiger partial charge in [0.1, 0.15) is 10.8 Å². The molecule has 1 aromatic carbocycles. The van der Waals surface area contributed by atoms with Gasteiger partial charge in [-0.05, 0) is 38.8 Å². The van der Waals surface area contributed by atoms with Crippen LogP contribution in [0, 0.1) is 0 Å². The Labute approximate surface area is 180 Å². The van der Waals surface area contributed by atoms with Gasteiger partial charge in [-0.2, -0.15) is 8.78 Å². The highest BCUT2D eigenvalue weighted by Gasteiger charge is 2.49. The van der Waals surface area contributed by atoms with E-state index in [2.05, 4.69) is 15.2 Å². The summed E-state index contributed by atoms with van der Waals surface area (Å²) in [5, 5.41) is 16.9. The van der Waals surface area contributed by atoms with Crippen LogP contribution in [0.4, 0.5) is 13.9 Å². The summed E-state index contributed by atoms with van der Waals surface area (Å²) in [6.07, 6.45) is 0.242. The van der Waals surface area contributed by atoms with Gasteiger partial charge in [-0.3, -0.25) is 0 Å². The average Bonchev–Trinajstić information content (AvgIpc) is 3.41. The maximum Gasteiger partial charge on any atom is 0.426 e. The van der Waals surface area contributed by atoms with Crippen LogP contribution >= 0.6 is 22.7 Å². The lowest BCUT2D eigenvalue weighted by molar-refractivity contribution is -0.275. The lowest BCUT2D eigenvalue weighted by Gasteiger charge is -2.32. The Morgan fingerprint density at radius 1 is 1.23 bits per heavy atom. The molecule has 2 N–H and O–H groups in total. The Morgan fingerprint density at radius 2 is 1.97 bits per heavy atom. The number of hydrogen-bond acceptors (Lipinski definition) is 8. The number of anilines is 1. The van der Waals surface area contributed by atoms with Crippen molar-refractivity contribution >= 4 is 38.0 Å². The van der Waals surface area contributed by atoms with Gasteiger partial charge in [-0.25, -0.2) is 9.97 Å². The first-order valence-electron chi connectivity index (χ1n) is 9.85. The number of hydrogen-bond donors (Lipinski definition) is 2. The van der Waals surface area contributed by atoms with E-state index in [0.717, 1.165) is 55.5 Å². The van der Waals surface area contributed by atoms with Gasteiger partial charge in [-0.15, -0.1) is 11.3 Å². The van der Waals surface area contributed by atoms with Crippen molar-refractivity contribution in [2.75, 3.05) is 18.0 Å². The maximum absolute atomic E-state index is 14.5. The number of halogens is 2. The summed E-state index contributed by atoms with van der Waals surface area (Å²) in [7, 11) is 0. The number of alkyl halides is 2. The standard InChI is InChI=1S/C20H22F2N4O2S2/c1-19(2,27)20(21,22)28-14-6-5-13(17-23-7-8-29-17)15-16(14)30-18(25-15)26-9-11-3-4-12(10-26)24-11/h5-8,11-12,24,27H,3-4,9-10H2,1-2H3. The molecule has 2 aliphatic rings. The van der Waals surface area contributed by atoms with E-state index in [9.17, 15) is 13.9 Å². The maximum atomic E-state index is 14.5. The van der Waals surface area contributed by atoms with Gasteiger partial charge in [0.2, 0.25) is 0 Å². The molecule has 3 aromatic rings. The minimum absolute atomic E-state index is 0.0132. The molecule has 2 fully saturated rings. The summed E-state index contributed by atoms with van der Waals surface area (Å²) in [5.41, 5.74) is -0.933. The summed E-state index contributed by atoms with van der Waals surface area (Å²) in [6.45, 7) is 3.75. The highest BCUT2D eigenvalue weighted by Crippen LogP contribution is 2.44. The molecule has 2 atom stereocenters. The number of fused-ring (bicyclic) bond motifs is 3. The van der Waals surface area contributed by atoms with E-state index in [1.54, 1.807) is 12.3 Å². The van der Waals surface area contributed by atoms with Crippen molar-refractivity contribution in [2.45, 2.75) is 50.5 Å². The number of thiazole rings is 2. The summed E-state index contributed by atoms with van der Waals surface area (Å²) < 4.78 is 34.5. The molecule has 2 saturated heterocycles. The van der Waals surface area contributed by atoms with Crippen molar-refractivity contribution in [1.29, 1.82) is 0 Å². The molecule has 0 saturated carbocycles. The first kappa shape index (κ1) is 20.0. The molecule has 5 rings (SSSR count). The van der Waals surface area contributed by atoms with Gasteiger partial charge >= 0.3 is 6.11 Å². The summed E-state index contributed by atoms with van der Waals surface area (Å²) in [5.74, 6) is 0.0132. The lowest BCUT2D eigenvalue weighted by Crippen LogP contribution is -2.51. The number of piperazine rings is 1. The number of benzene rings is 1. The van der Waals surface area contributed by atoms with Crippen molar-refractivity contribution in [1.82, 2.24) is 15.3 Å². The predicted molar refractivity (Wildman–Crippen MR) is 115 cm³/mol. The van der Waals surface area contributed by atoms with E-state index in [0.29, 0.717) is 22.3 Å². The van der Waals surface area contributed by atoms with E-state index in [1.807, 2.05) is 5.38 Å². The molecule has 2 aliphatic heterocycles. The number of rotatable bonds is 5. The second-order valence-corrected chi connectivity index (χ2v) is 10.2. The van der Waals surface area contributed by atoms with Crippen LogP contribution in [0.1, 0.15) is 26.7 Å². The van der Waals surface area contributed by atoms with Crippen LogP contribution in [0.2, 0.25) is 0 Å². The fourth-order valence-corrected chi connectivity index (χ4v) is 5.66. The quantitative estimate of drug-likeness (QED) is 0.607. The van der Waals surface area contributed by atoms with Crippen LogP contribution in [0.25, 0.3) is 20.8 Å². The molecule has 2 aromatic heterocycles.